The van der Waals surface area contributed by atoms with Gasteiger partial charge < -0.3 is 0 Å². The summed E-state index contributed by atoms with van der Waals surface area (Å²) in [5.74, 6) is 0.740. The highest BCUT2D eigenvalue weighted by Crippen LogP contribution is 2.55. The first-order chi connectivity index (χ1) is 10.6. The fraction of sp³-hybridized carbons (Fsp3) is 0.619. The standard InChI is InChI=1S/C21H28O2/c1-11(2)14-8-7-12(3)17-15(14)9-13(4)19(22)16-10-21(5,6)20(23)18(16)17/h9,14-18H,1,3,7-8,10H2,2,4-6H3/t14?,15-,16?,17-,18?/m0/s1. The van der Waals surface area contributed by atoms with Gasteiger partial charge in [0.1, 0.15) is 5.78 Å². The predicted octanol–water partition coefficient (Wildman–Crippen LogP) is 4.52. The van der Waals surface area contributed by atoms with Crippen LogP contribution in [0.25, 0.3) is 0 Å². The van der Waals surface area contributed by atoms with Gasteiger partial charge in [-0.05, 0) is 56.4 Å². The van der Waals surface area contributed by atoms with Crippen LogP contribution in [0.2, 0.25) is 0 Å². The average molecular weight is 312 g/mol. The number of rotatable bonds is 1. The first kappa shape index (κ1) is 16.4. The highest BCUT2D eigenvalue weighted by molar-refractivity contribution is 6.04. The Bertz CT molecular complexity index is 634. The molecule has 3 aliphatic carbocycles. The van der Waals surface area contributed by atoms with E-state index in [2.05, 4.69) is 26.2 Å². The molecule has 0 amide bonds. The monoisotopic (exact) mass is 312 g/mol. The normalized spacial score (nSPS) is 39.4. The molecule has 0 spiro atoms. The highest BCUT2D eigenvalue weighted by Gasteiger charge is 2.57. The van der Waals surface area contributed by atoms with Gasteiger partial charge in [-0.25, -0.2) is 0 Å². The molecule has 124 valence electrons. The Morgan fingerprint density at radius 3 is 2.52 bits per heavy atom. The summed E-state index contributed by atoms with van der Waals surface area (Å²) in [4.78, 5) is 26.0. The van der Waals surface area contributed by atoms with Gasteiger partial charge in [0, 0.05) is 17.3 Å². The minimum Gasteiger partial charge on any atom is -0.299 e. The smallest absolute Gasteiger partial charge is 0.162 e. The van der Waals surface area contributed by atoms with Crippen LogP contribution in [0.3, 0.4) is 0 Å². The molecular formula is C21H28O2. The molecule has 0 aromatic rings. The van der Waals surface area contributed by atoms with E-state index in [9.17, 15) is 9.59 Å². The summed E-state index contributed by atoms with van der Waals surface area (Å²) in [6, 6.07) is 0. The van der Waals surface area contributed by atoms with E-state index in [0.717, 1.165) is 29.6 Å². The van der Waals surface area contributed by atoms with Crippen molar-refractivity contribution in [1.29, 1.82) is 0 Å². The van der Waals surface area contributed by atoms with Crippen molar-refractivity contribution >= 4 is 11.6 Å². The zero-order valence-electron chi connectivity index (χ0n) is 14.8. The Hall–Kier alpha value is -1.44. The van der Waals surface area contributed by atoms with Gasteiger partial charge in [0.15, 0.2) is 5.78 Å². The number of fused-ring (bicyclic) bond motifs is 3. The molecule has 0 bridgehead atoms. The number of allylic oxidation sites excluding steroid dienone is 4. The minimum absolute atomic E-state index is 0.103. The Kier molecular flexibility index (Phi) is 3.78. The molecule has 2 heteroatoms. The second-order valence-electron chi connectivity index (χ2n) is 8.55. The van der Waals surface area contributed by atoms with Gasteiger partial charge in [-0.3, -0.25) is 9.59 Å². The quantitative estimate of drug-likeness (QED) is 0.667. The first-order valence-corrected chi connectivity index (χ1v) is 8.75. The molecule has 0 aliphatic heterocycles. The molecular weight excluding hydrogens is 284 g/mol. The molecule has 0 saturated heterocycles. The van der Waals surface area contributed by atoms with Crippen molar-refractivity contribution in [2.75, 3.05) is 0 Å². The molecule has 3 aliphatic rings. The van der Waals surface area contributed by atoms with Crippen LogP contribution < -0.4 is 0 Å². The maximum Gasteiger partial charge on any atom is 0.162 e. The molecule has 0 radical (unpaired) electrons. The highest BCUT2D eigenvalue weighted by atomic mass is 16.1. The van der Waals surface area contributed by atoms with Crippen molar-refractivity contribution in [2.24, 2.45) is 35.0 Å². The summed E-state index contributed by atoms with van der Waals surface area (Å²) < 4.78 is 0. The van der Waals surface area contributed by atoms with E-state index in [-0.39, 0.29) is 35.2 Å². The van der Waals surface area contributed by atoms with Crippen LogP contribution in [0.15, 0.2) is 36.0 Å². The van der Waals surface area contributed by atoms with Gasteiger partial charge in [-0.1, -0.05) is 44.2 Å². The molecule has 0 N–H and O–H groups in total. The zero-order chi connectivity index (χ0) is 17.1. The topological polar surface area (TPSA) is 34.1 Å². The van der Waals surface area contributed by atoms with Gasteiger partial charge >= 0.3 is 0 Å². The minimum atomic E-state index is -0.399. The third-order valence-electron chi connectivity index (χ3n) is 6.45. The van der Waals surface area contributed by atoms with Gasteiger partial charge in [-0.15, -0.1) is 0 Å². The maximum absolute atomic E-state index is 13.1. The second kappa shape index (κ2) is 5.29. The lowest BCUT2D eigenvalue weighted by Gasteiger charge is -2.41. The van der Waals surface area contributed by atoms with Crippen molar-refractivity contribution in [2.45, 2.75) is 47.0 Å². The van der Waals surface area contributed by atoms with Crippen molar-refractivity contribution < 1.29 is 9.59 Å². The molecule has 3 rings (SSSR count). The number of ketones is 2. The first-order valence-electron chi connectivity index (χ1n) is 8.75. The summed E-state index contributed by atoms with van der Waals surface area (Å²) in [6.07, 6.45) is 4.78. The maximum atomic E-state index is 13.1. The molecule has 5 atom stereocenters. The third-order valence-corrected chi connectivity index (χ3v) is 6.45. The Morgan fingerprint density at radius 2 is 1.91 bits per heavy atom. The van der Waals surface area contributed by atoms with Crippen LogP contribution in [0, 0.1) is 35.0 Å². The van der Waals surface area contributed by atoms with Crippen LogP contribution >= 0.6 is 0 Å². The van der Waals surface area contributed by atoms with Crippen molar-refractivity contribution in [3.05, 3.63) is 36.0 Å². The van der Waals surface area contributed by atoms with Gasteiger partial charge in [-0.2, -0.15) is 0 Å². The Morgan fingerprint density at radius 1 is 1.26 bits per heavy atom. The molecule has 0 heterocycles. The van der Waals surface area contributed by atoms with Crippen molar-refractivity contribution in [3.63, 3.8) is 0 Å². The molecule has 3 unspecified atom stereocenters. The van der Waals surface area contributed by atoms with Crippen LogP contribution in [-0.4, -0.2) is 11.6 Å². The largest absolute Gasteiger partial charge is 0.299 e. The summed E-state index contributed by atoms with van der Waals surface area (Å²) in [7, 11) is 0. The summed E-state index contributed by atoms with van der Waals surface area (Å²) in [6.45, 7) is 16.5. The number of Topliss-reactive ketones (excluding diaryl/α,β-unsaturated/α-hetero) is 2. The number of carbonyl (C=O) groups is 2. The summed E-state index contributed by atoms with van der Waals surface area (Å²) in [5.41, 5.74) is 2.75. The molecule has 2 fully saturated rings. The van der Waals surface area contributed by atoms with E-state index in [4.69, 9.17) is 0 Å². The van der Waals surface area contributed by atoms with E-state index in [1.807, 2.05) is 20.8 Å². The molecule has 23 heavy (non-hydrogen) atoms. The van der Waals surface area contributed by atoms with E-state index < -0.39 is 5.41 Å². The van der Waals surface area contributed by atoms with Gasteiger partial charge in [0.05, 0.1) is 0 Å². The van der Waals surface area contributed by atoms with Gasteiger partial charge in [0.2, 0.25) is 0 Å². The fourth-order valence-electron chi connectivity index (χ4n) is 5.25. The lowest BCUT2D eigenvalue weighted by molar-refractivity contribution is -0.131. The number of carbonyl (C=O) groups excluding carboxylic acids is 2. The number of hydrogen-bond donors (Lipinski definition) is 0. The van der Waals surface area contributed by atoms with E-state index in [1.165, 1.54) is 0 Å². The van der Waals surface area contributed by atoms with E-state index >= 15 is 0 Å². The SMILES string of the molecule is C=C(C)C1CCC(=C)[C@@H]2C3C(=O)C(C)(C)CC3C(=O)C(C)=C[C@@H]12. The van der Waals surface area contributed by atoms with Crippen LogP contribution in [0.5, 0.6) is 0 Å². The second-order valence-corrected chi connectivity index (χ2v) is 8.55. The van der Waals surface area contributed by atoms with Gasteiger partial charge in [0.25, 0.3) is 0 Å². The lowest BCUT2D eigenvalue weighted by Crippen LogP contribution is -2.39. The fourth-order valence-corrected chi connectivity index (χ4v) is 5.25. The summed E-state index contributed by atoms with van der Waals surface area (Å²) in [5, 5.41) is 0. The molecule has 2 nitrogen and oxygen atoms in total. The van der Waals surface area contributed by atoms with Crippen molar-refractivity contribution in [3.8, 4) is 0 Å². The van der Waals surface area contributed by atoms with Crippen molar-refractivity contribution in [1.82, 2.24) is 0 Å². The Balaban J connectivity index is 2.14. The van der Waals surface area contributed by atoms with E-state index in [1.54, 1.807) is 0 Å². The van der Waals surface area contributed by atoms with E-state index in [0.29, 0.717) is 12.3 Å². The third kappa shape index (κ3) is 2.38. The van der Waals surface area contributed by atoms with Crippen LogP contribution in [-0.2, 0) is 9.59 Å². The lowest BCUT2D eigenvalue weighted by atomic mass is 9.62. The summed E-state index contributed by atoms with van der Waals surface area (Å²) >= 11 is 0. The predicted molar refractivity (Wildman–Crippen MR) is 92.8 cm³/mol. The number of hydrogen-bond acceptors (Lipinski definition) is 2. The van der Waals surface area contributed by atoms with Crippen LogP contribution in [0.1, 0.15) is 47.0 Å². The zero-order valence-corrected chi connectivity index (χ0v) is 14.8. The molecule has 2 saturated carbocycles. The van der Waals surface area contributed by atoms with Crippen LogP contribution in [0.4, 0.5) is 0 Å². The average Bonchev–Trinajstić information content (AvgIpc) is 2.62. The molecule has 0 aromatic heterocycles. The Labute approximate surface area is 139 Å². The molecule has 0 aromatic carbocycles.